The van der Waals surface area contributed by atoms with Gasteiger partial charge in [-0.05, 0) is 30.5 Å². The van der Waals surface area contributed by atoms with E-state index in [0.29, 0.717) is 0 Å². The maximum atomic E-state index is 13.8. The highest BCUT2D eigenvalue weighted by Gasteiger charge is 2.12. The van der Waals surface area contributed by atoms with Gasteiger partial charge in [0.25, 0.3) is 0 Å². The van der Waals surface area contributed by atoms with Crippen LogP contribution < -0.4 is 5.32 Å². The molecule has 0 atom stereocenters. The monoisotopic (exact) mass is 256 g/mol. The van der Waals surface area contributed by atoms with Gasteiger partial charge in [0.1, 0.15) is 5.82 Å². The Labute approximate surface area is 107 Å². The number of nitrogens with zero attached hydrogens (tertiary/aromatic N) is 1. The second kappa shape index (κ2) is 5.80. The summed E-state index contributed by atoms with van der Waals surface area (Å²) in [6.07, 6.45) is 0.729. The summed E-state index contributed by atoms with van der Waals surface area (Å²) in [5, 5.41) is 3.54. The van der Waals surface area contributed by atoms with Crippen molar-refractivity contribution in [2.45, 2.75) is 13.3 Å². The fourth-order valence-corrected chi connectivity index (χ4v) is 2.49. The second-order valence-electron chi connectivity index (χ2n) is 4.56. The Morgan fingerprint density at radius 2 is 2.06 bits per heavy atom. The predicted octanol–water partition coefficient (Wildman–Crippen LogP) is 2.24. The Morgan fingerprint density at radius 1 is 1.35 bits per heavy atom. The van der Waals surface area contributed by atoms with E-state index < -0.39 is 0 Å². The van der Waals surface area contributed by atoms with Crippen molar-refractivity contribution in [2.75, 3.05) is 32.7 Å². The Bertz CT molecular complexity index is 389. The van der Waals surface area contributed by atoms with Crippen LogP contribution in [0.1, 0.15) is 11.1 Å². The van der Waals surface area contributed by atoms with E-state index in [-0.39, 0.29) is 10.8 Å². The molecule has 1 N–H and O–H groups in total. The van der Waals surface area contributed by atoms with E-state index in [9.17, 15) is 4.39 Å². The van der Waals surface area contributed by atoms with Crippen molar-refractivity contribution in [3.05, 3.63) is 34.1 Å². The summed E-state index contributed by atoms with van der Waals surface area (Å²) in [6, 6.07) is 3.56. The van der Waals surface area contributed by atoms with Gasteiger partial charge in [0.05, 0.1) is 5.02 Å². The van der Waals surface area contributed by atoms with Crippen LogP contribution in [-0.2, 0) is 6.42 Å². The molecule has 0 radical (unpaired) electrons. The smallest absolute Gasteiger partial charge is 0.145 e. The summed E-state index contributed by atoms with van der Waals surface area (Å²) < 4.78 is 13.8. The molecule has 0 saturated carbocycles. The van der Waals surface area contributed by atoms with Crippen LogP contribution in [0.4, 0.5) is 4.39 Å². The molecule has 4 heteroatoms. The minimum absolute atomic E-state index is 0.236. The number of nitrogens with one attached hydrogen (secondary N) is 1. The summed E-state index contributed by atoms with van der Waals surface area (Å²) in [7, 11) is 0. The van der Waals surface area contributed by atoms with E-state index in [0.717, 1.165) is 50.3 Å². The average Bonchev–Trinajstić information content (AvgIpc) is 2.33. The highest BCUT2D eigenvalue weighted by molar-refractivity contribution is 6.30. The summed E-state index contributed by atoms with van der Waals surface area (Å²) in [5.41, 5.74) is 1.75. The van der Waals surface area contributed by atoms with Gasteiger partial charge in [0.2, 0.25) is 0 Å². The van der Waals surface area contributed by atoms with Gasteiger partial charge in [-0.3, -0.25) is 0 Å². The third-order valence-corrected chi connectivity index (χ3v) is 3.43. The molecule has 0 aromatic heterocycles. The molecule has 1 aromatic rings. The van der Waals surface area contributed by atoms with Crippen LogP contribution in [0.25, 0.3) is 0 Å². The van der Waals surface area contributed by atoms with E-state index in [1.807, 2.05) is 13.0 Å². The number of halogens is 2. The van der Waals surface area contributed by atoms with E-state index in [4.69, 9.17) is 11.6 Å². The molecule has 0 amide bonds. The van der Waals surface area contributed by atoms with Crippen molar-refractivity contribution in [1.82, 2.24) is 10.2 Å². The molecule has 0 spiro atoms. The number of rotatable bonds is 3. The number of hydrogen-bond acceptors (Lipinski definition) is 2. The molecule has 17 heavy (non-hydrogen) atoms. The van der Waals surface area contributed by atoms with Crippen LogP contribution in [0, 0.1) is 12.7 Å². The minimum Gasteiger partial charge on any atom is -0.314 e. The molecular weight excluding hydrogens is 239 g/mol. The Balaban J connectivity index is 1.98. The lowest BCUT2D eigenvalue weighted by Gasteiger charge is -2.27. The van der Waals surface area contributed by atoms with Crippen LogP contribution in [-0.4, -0.2) is 37.6 Å². The quantitative estimate of drug-likeness (QED) is 0.892. The van der Waals surface area contributed by atoms with Crippen molar-refractivity contribution in [1.29, 1.82) is 0 Å². The van der Waals surface area contributed by atoms with Crippen LogP contribution in [0.5, 0.6) is 0 Å². The highest BCUT2D eigenvalue weighted by Crippen LogP contribution is 2.21. The second-order valence-corrected chi connectivity index (χ2v) is 4.97. The maximum Gasteiger partial charge on any atom is 0.145 e. The molecule has 2 rings (SSSR count). The van der Waals surface area contributed by atoms with Gasteiger partial charge in [-0.15, -0.1) is 0 Å². The predicted molar refractivity (Wildman–Crippen MR) is 69.2 cm³/mol. The first-order valence-electron chi connectivity index (χ1n) is 6.04. The Kier molecular flexibility index (Phi) is 4.37. The molecule has 1 saturated heterocycles. The van der Waals surface area contributed by atoms with Gasteiger partial charge in [0.15, 0.2) is 0 Å². The minimum atomic E-state index is -0.257. The van der Waals surface area contributed by atoms with Gasteiger partial charge < -0.3 is 10.2 Å². The first kappa shape index (κ1) is 12.8. The molecule has 94 valence electrons. The lowest BCUT2D eigenvalue weighted by atomic mass is 10.1. The van der Waals surface area contributed by atoms with E-state index in [2.05, 4.69) is 10.2 Å². The molecule has 1 fully saturated rings. The van der Waals surface area contributed by atoms with Gasteiger partial charge >= 0.3 is 0 Å². The van der Waals surface area contributed by atoms with E-state index in [1.165, 1.54) is 0 Å². The number of hydrogen-bond donors (Lipinski definition) is 1. The normalized spacial score (nSPS) is 17.4. The van der Waals surface area contributed by atoms with Crippen molar-refractivity contribution >= 4 is 11.6 Å². The lowest BCUT2D eigenvalue weighted by Crippen LogP contribution is -2.44. The molecule has 0 bridgehead atoms. The molecule has 0 aliphatic carbocycles. The van der Waals surface area contributed by atoms with Gasteiger partial charge in [-0.1, -0.05) is 17.7 Å². The van der Waals surface area contributed by atoms with Crippen LogP contribution >= 0.6 is 11.6 Å². The first-order chi connectivity index (χ1) is 8.16. The van der Waals surface area contributed by atoms with Gasteiger partial charge in [-0.2, -0.15) is 0 Å². The van der Waals surface area contributed by atoms with Crippen LogP contribution in [0.2, 0.25) is 5.02 Å². The fraction of sp³-hybridized carbons (Fsp3) is 0.538. The fourth-order valence-electron chi connectivity index (χ4n) is 2.19. The SMILES string of the molecule is Cc1cc(Cl)c(F)c(CCN2CCNCC2)c1. The summed E-state index contributed by atoms with van der Waals surface area (Å²) in [4.78, 5) is 2.35. The number of aryl methyl sites for hydroxylation is 1. The number of piperazine rings is 1. The molecule has 2 nitrogen and oxygen atoms in total. The largest absolute Gasteiger partial charge is 0.314 e. The van der Waals surface area contributed by atoms with Crippen molar-refractivity contribution < 1.29 is 4.39 Å². The van der Waals surface area contributed by atoms with Crippen molar-refractivity contribution in [3.8, 4) is 0 Å². The average molecular weight is 257 g/mol. The topological polar surface area (TPSA) is 15.3 Å². The zero-order valence-corrected chi connectivity index (χ0v) is 10.9. The molecule has 1 aromatic carbocycles. The van der Waals surface area contributed by atoms with Gasteiger partial charge in [-0.25, -0.2) is 4.39 Å². The van der Waals surface area contributed by atoms with E-state index >= 15 is 0 Å². The molecule has 0 unspecified atom stereocenters. The Morgan fingerprint density at radius 3 is 2.76 bits per heavy atom. The summed E-state index contributed by atoms with van der Waals surface area (Å²) >= 11 is 5.84. The van der Waals surface area contributed by atoms with Crippen LogP contribution in [0.15, 0.2) is 12.1 Å². The van der Waals surface area contributed by atoms with Crippen molar-refractivity contribution in [2.24, 2.45) is 0 Å². The highest BCUT2D eigenvalue weighted by atomic mass is 35.5. The lowest BCUT2D eigenvalue weighted by molar-refractivity contribution is 0.243. The van der Waals surface area contributed by atoms with E-state index in [1.54, 1.807) is 6.07 Å². The zero-order chi connectivity index (χ0) is 12.3. The third kappa shape index (κ3) is 3.41. The maximum absolute atomic E-state index is 13.8. The summed E-state index contributed by atoms with van der Waals surface area (Å²) in [6.45, 7) is 6.98. The molecule has 1 aliphatic heterocycles. The van der Waals surface area contributed by atoms with Crippen LogP contribution in [0.3, 0.4) is 0 Å². The zero-order valence-electron chi connectivity index (χ0n) is 10.1. The first-order valence-corrected chi connectivity index (χ1v) is 6.42. The van der Waals surface area contributed by atoms with Crippen molar-refractivity contribution in [3.63, 3.8) is 0 Å². The molecule has 1 aliphatic rings. The Hall–Kier alpha value is -0.640. The number of benzene rings is 1. The molecule has 1 heterocycles. The summed E-state index contributed by atoms with van der Waals surface area (Å²) in [5.74, 6) is -0.257. The molecular formula is C13H18ClFN2. The standard InChI is InChI=1S/C13H18ClFN2/c1-10-8-11(13(15)12(14)9-10)2-5-17-6-3-16-4-7-17/h8-9,16H,2-7H2,1H3. The third-order valence-electron chi connectivity index (χ3n) is 3.15. The van der Waals surface area contributed by atoms with Gasteiger partial charge in [0, 0.05) is 32.7 Å².